The van der Waals surface area contributed by atoms with Crippen molar-refractivity contribution in [2.24, 2.45) is 10.7 Å². The number of piperidine rings is 1. The molecule has 0 radical (unpaired) electrons. The van der Waals surface area contributed by atoms with Crippen molar-refractivity contribution in [1.82, 2.24) is 4.90 Å². The Morgan fingerprint density at radius 1 is 1.16 bits per heavy atom. The third-order valence-electron chi connectivity index (χ3n) is 4.75. The van der Waals surface area contributed by atoms with Crippen molar-refractivity contribution in [3.8, 4) is 0 Å². The smallest absolute Gasteiger partial charge is 0.191 e. The van der Waals surface area contributed by atoms with Gasteiger partial charge < -0.3 is 20.1 Å². The van der Waals surface area contributed by atoms with Crippen molar-refractivity contribution in [1.29, 1.82) is 0 Å². The maximum Gasteiger partial charge on any atom is 0.191 e. The molecule has 140 valence electrons. The zero-order chi connectivity index (χ0) is 16.6. The summed E-state index contributed by atoms with van der Waals surface area (Å²) in [5.74, 6) is 0.679. The summed E-state index contributed by atoms with van der Waals surface area (Å²) in [5, 5.41) is 0. The van der Waals surface area contributed by atoms with Crippen LogP contribution in [0.4, 0.5) is 0 Å². The molecule has 2 N–H and O–H groups in total. The van der Waals surface area contributed by atoms with E-state index in [0.717, 1.165) is 39.1 Å². The molecule has 6 heteroatoms. The van der Waals surface area contributed by atoms with E-state index in [1.54, 1.807) is 0 Å². The average molecular weight is 459 g/mol. The Morgan fingerprint density at radius 3 is 2.64 bits per heavy atom. The molecule has 0 atom stereocenters. The normalized spacial score (nSPS) is 19.5. The summed E-state index contributed by atoms with van der Waals surface area (Å²) in [6.07, 6.45) is 6.06. The molecule has 25 heavy (non-hydrogen) atoms. The summed E-state index contributed by atoms with van der Waals surface area (Å²) in [7, 11) is 0. The molecular formula is C19H30IN3O2. The summed E-state index contributed by atoms with van der Waals surface area (Å²) in [5.41, 5.74) is 8.51. The van der Waals surface area contributed by atoms with Gasteiger partial charge in [-0.3, -0.25) is 0 Å². The number of ether oxygens (including phenoxy) is 2. The van der Waals surface area contributed by atoms with Crippen molar-refractivity contribution in [3.63, 3.8) is 0 Å². The molecule has 2 saturated heterocycles. The number of guanidine groups is 1. The van der Waals surface area contributed by atoms with Gasteiger partial charge >= 0.3 is 0 Å². The Labute approximate surface area is 168 Å². The van der Waals surface area contributed by atoms with E-state index < -0.39 is 0 Å². The highest BCUT2D eigenvalue weighted by molar-refractivity contribution is 14.0. The van der Waals surface area contributed by atoms with Gasteiger partial charge in [-0.2, -0.15) is 0 Å². The highest BCUT2D eigenvalue weighted by atomic mass is 127. The number of nitrogens with two attached hydrogens (primary N) is 1. The number of aliphatic imine (C=N–C) groups is 1. The van der Waals surface area contributed by atoms with Crippen LogP contribution in [0.2, 0.25) is 0 Å². The van der Waals surface area contributed by atoms with Crippen molar-refractivity contribution >= 4 is 29.9 Å². The van der Waals surface area contributed by atoms with Gasteiger partial charge in [-0.15, -0.1) is 24.0 Å². The molecule has 2 aliphatic heterocycles. The van der Waals surface area contributed by atoms with Crippen LogP contribution in [0, 0.1) is 0 Å². The van der Waals surface area contributed by atoms with Crippen LogP contribution >= 0.6 is 24.0 Å². The lowest BCUT2D eigenvalue weighted by Gasteiger charge is -2.27. The molecule has 0 aromatic heterocycles. The van der Waals surface area contributed by atoms with Crippen molar-refractivity contribution in [2.45, 2.75) is 51.4 Å². The summed E-state index contributed by atoms with van der Waals surface area (Å²) in [4.78, 5) is 6.77. The number of halogens is 1. The highest BCUT2D eigenvalue weighted by Gasteiger charge is 2.14. The van der Waals surface area contributed by atoms with E-state index in [2.05, 4.69) is 34.2 Å². The third-order valence-corrected chi connectivity index (χ3v) is 4.75. The number of rotatable bonds is 5. The minimum absolute atomic E-state index is 0. The first-order valence-corrected chi connectivity index (χ1v) is 9.13. The third kappa shape index (κ3) is 6.75. The SMILES string of the molecule is I.NC(=NCc1cccc(COC2CCOCC2)c1)N1CCCCC1. The highest BCUT2D eigenvalue weighted by Crippen LogP contribution is 2.15. The Morgan fingerprint density at radius 2 is 1.88 bits per heavy atom. The van der Waals surface area contributed by atoms with Crippen LogP contribution in [0.3, 0.4) is 0 Å². The molecule has 0 unspecified atom stereocenters. The molecule has 2 fully saturated rings. The van der Waals surface area contributed by atoms with Crippen molar-refractivity contribution < 1.29 is 9.47 Å². The summed E-state index contributed by atoms with van der Waals surface area (Å²) in [6.45, 7) is 4.99. The van der Waals surface area contributed by atoms with Crippen LogP contribution in [0.1, 0.15) is 43.2 Å². The van der Waals surface area contributed by atoms with E-state index in [-0.39, 0.29) is 24.0 Å². The zero-order valence-electron chi connectivity index (χ0n) is 14.9. The Kier molecular flexibility index (Phi) is 8.98. The van der Waals surface area contributed by atoms with Gasteiger partial charge in [0.15, 0.2) is 5.96 Å². The number of likely N-dealkylation sites (tertiary alicyclic amines) is 1. The molecule has 5 nitrogen and oxygen atoms in total. The van der Waals surface area contributed by atoms with Crippen molar-refractivity contribution in [2.75, 3.05) is 26.3 Å². The molecule has 2 aliphatic rings. The second kappa shape index (κ2) is 11.0. The molecule has 0 spiro atoms. The molecule has 1 aromatic carbocycles. The summed E-state index contributed by atoms with van der Waals surface area (Å²) < 4.78 is 11.4. The van der Waals surface area contributed by atoms with Crippen LogP contribution in [0.15, 0.2) is 29.3 Å². The number of benzene rings is 1. The van der Waals surface area contributed by atoms with Gasteiger partial charge in [0, 0.05) is 26.3 Å². The van der Waals surface area contributed by atoms with Gasteiger partial charge in [0.1, 0.15) is 0 Å². The Bertz CT molecular complexity index is 541. The van der Waals surface area contributed by atoms with Gasteiger partial charge in [-0.25, -0.2) is 4.99 Å². The summed E-state index contributed by atoms with van der Waals surface area (Å²) >= 11 is 0. The lowest BCUT2D eigenvalue weighted by molar-refractivity contribution is -0.0390. The first kappa shape index (κ1) is 20.5. The largest absolute Gasteiger partial charge is 0.381 e. The fourth-order valence-electron chi connectivity index (χ4n) is 3.27. The minimum atomic E-state index is 0. The van der Waals surface area contributed by atoms with Crippen LogP contribution < -0.4 is 5.73 Å². The predicted molar refractivity (Wildman–Crippen MR) is 111 cm³/mol. The van der Waals surface area contributed by atoms with Gasteiger partial charge in [-0.1, -0.05) is 24.3 Å². The van der Waals surface area contributed by atoms with Crippen LogP contribution in [-0.4, -0.2) is 43.3 Å². The van der Waals surface area contributed by atoms with Gasteiger partial charge in [0.2, 0.25) is 0 Å². The van der Waals surface area contributed by atoms with Crippen molar-refractivity contribution in [3.05, 3.63) is 35.4 Å². The molecule has 0 aliphatic carbocycles. The van der Waals surface area contributed by atoms with Gasteiger partial charge in [0.25, 0.3) is 0 Å². The molecule has 3 rings (SSSR count). The topological polar surface area (TPSA) is 60.1 Å². The quantitative estimate of drug-likeness (QED) is 0.417. The first-order valence-electron chi connectivity index (χ1n) is 9.13. The molecule has 0 amide bonds. The summed E-state index contributed by atoms with van der Waals surface area (Å²) in [6, 6.07) is 8.46. The predicted octanol–water partition coefficient (Wildman–Crippen LogP) is 3.30. The van der Waals surface area contributed by atoms with Gasteiger partial charge in [0.05, 0.1) is 19.3 Å². The van der Waals surface area contributed by atoms with Crippen LogP contribution in [-0.2, 0) is 22.6 Å². The molecular weight excluding hydrogens is 429 g/mol. The van der Waals surface area contributed by atoms with E-state index in [9.17, 15) is 0 Å². The maximum atomic E-state index is 6.13. The second-order valence-corrected chi connectivity index (χ2v) is 6.66. The Hall–Kier alpha value is -0.860. The number of hydrogen-bond acceptors (Lipinski definition) is 3. The first-order chi connectivity index (χ1) is 11.8. The molecule has 1 aromatic rings. The standard InChI is InChI=1S/C19H29N3O2.HI/c20-19(22-9-2-1-3-10-22)21-14-16-5-4-6-17(13-16)15-24-18-7-11-23-12-8-18;/h4-6,13,18H,1-3,7-12,14-15H2,(H2,20,21);1H. The van der Waals surface area contributed by atoms with E-state index in [1.807, 2.05) is 0 Å². The molecule has 2 heterocycles. The minimum Gasteiger partial charge on any atom is -0.381 e. The van der Waals surface area contributed by atoms with E-state index >= 15 is 0 Å². The molecule has 0 saturated carbocycles. The van der Waals surface area contributed by atoms with E-state index in [4.69, 9.17) is 15.2 Å². The number of hydrogen-bond donors (Lipinski definition) is 1. The Balaban J connectivity index is 0.00000225. The zero-order valence-corrected chi connectivity index (χ0v) is 17.2. The maximum absolute atomic E-state index is 6.13. The fourth-order valence-corrected chi connectivity index (χ4v) is 3.27. The van der Waals surface area contributed by atoms with Crippen LogP contribution in [0.25, 0.3) is 0 Å². The van der Waals surface area contributed by atoms with Gasteiger partial charge in [-0.05, 0) is 43.2 Å². The monoisotopic (exact) mass is 459 g/mol. The van der Waals surface area contributed by atoms with Crippen LogP contribution in [0.5, 0.6) is 0 Å². The second-order valence-electron chi connectivity index (χ2n) is 6.66. The molecule has 0 bridgehead atoms. The fraction of sp³-hybridized carbons (Fsp3) is 0.632. The van der Waals surface area contributed by atoms with E-state index in [1.165, 1.54) is 30.4 Å². The lowest BCUT2D eigenvalue weighted by atomic mass is 10.1. The average Bonchev–Trinajstić information content (AvgIpc) is 2.66. The number of nitrogens with zero attached hydrogens (tertiary/aromatic N) is 2. The lowest BCUT2D eigenvalue weighted by Crippen LogP contribution is -2.40. The van der Waals surface area contributed by atoms with E-state index in [0.29, 0.717) is 25.2 Å².